The standard InChI is InChI=1S/C39H42F4N6O4/c1-7-23-10-9-11-24(8-2)34(23)49-35(28-20-48(15-13-30(28)47-49)37-45-18-26(19-46-37)39(41,42)43)32-27-12-14-44-33(27)25(17-29(32)40)21-52-36(51)22(3)16-31(50)53-38(4,5)6/h9-12,14,17-19,22,44H,7-8,13,15-16,20-21H2,1-6H3/t22-/m0/s1. The Kier molecular flexibility index (Phi) is 10.3. The third-order valence-corrected chi connectivity index (χ3v) is 9.24. The molecule has 1 N–H and O–H groups in total. The number of benzene rings is 2. The van der Waals surface area contributed by atoms with Crippen LogP contribution in [0.5, 0.6) is 0 Å². The molecule has 0 fully saturated rings. The van der Waals surface area contributed by atoms with Gasteiger partial charge in [-0.05, 0) is 56.9 Å². The van der Waals surface area contributed by atoms with Crippen LogP contribution in [0, 0.1) is 11.7 Å². The van der Waals surface area contributed by atoms with Gasteiger partial charge in [-0.3, -0.25) is 9.59 Å². The van der Waals surface area contributed by atoms with Crippen molar-refractivity contribution in [2.45, 2.75) is 92.2 Å². The fraction of sp³-hybridized carbons (Fsp3) is 0.410. The van der Waals surface area contributed by atoms with Crippen LogP contribution in [0.4, 0.5) is 23.5 Å². The minimum absolute atomic E-state index is 0.121. The third kappa shape index (κ3) is 7.77. The lowest BCUT2D eigenvalue weighted by Crippen LogP contribution is -2.31. The van der Waals surface area contributed by atoms with Crippen molar-refractivity contribution in [2.24, 2.45) is 5.92 Å². The van der Waals surface area contributed by atoms with Crippen molar-refractivity contribution < 1.29 is 36.6 Å². The topological polar surface area (TPSA) is 115 Å². The molecule has 0 saturated heterocycles. The van der Waals surface area contributed by atoms with Crippen LogP contribution in [0.2, 0.25) is 0 Å². The number of aromatic amines is 1. The molecule has 0 radical (unpaired) electrons. The number of hydrogen-bond donors (Lipinski definition) is 1. The number of anilines is 1. The zero-order chi connectivity index (χ0) is 38.2. The second kappa shape index (κ2) is 14.6. The highest BCUT2D eigenvalue weighted by atomic mass is 19.4. The average Bonchev–Trinajstić information content (AvgIpc) is 3.74. The van der Waals surface area contributed by atoms with Crippen LogP contribution in [-0.2, 0) is 57.7 Å². The number of esters is 2. The molecular formula is C39H42F4N6O4. The predicted octanol–water partition coefficient (Wildman–Crippen LogP) is 8.07. The number of carbonyl (C=O) groups excluding carboxylic acids is 2. The fourth-order valence-electron chi connectivity index (χ4n) is 6.71. The number of hydrogen-bond acceptors (Lipinski definition) is 8. The molecule has 4 heterocycles. The predicted molar refractivity (Wildman–Crippen MR) is 191 cm³/mol. The Bertz CT molecular complexity index is 2130. The Morgan fingerprint density at radius 3 is 2.32 bits per heavy atom. The van der Waals surface area contributed by atoms with Crippen LogP contribution in [0.25, 0.3) is 27.8 Å². The summed E-state index contributed by atoms with van der Waals surface area (Å²) in [4.78, 5) is 38.2. The number of fused-ring (bicyclic) bond motifs is 2. The van der Waals surface area contributed by atoms with Crippen LogP contribution >= 0.6 is 0 Å². The molecule has 3 aromatic heterocycles. The summed E-state index contributed by atoms with van der Waals surface area (Å²) in [5.41, 5.74) is 4.39. The number of alkyl halides is 3. The van der Waals surface area contributed by atoms with Gasteiger partial charge in [0.25, 0.3) is 0 Å². The lowest BCUT2D eigenvalue weighted by molar-refractivity contribution is -0.161. The molecule has 0 aliphatic carbocycles. The summed E-state index contributed by atoms with van der Waals surface area (Å²) in [5, 5.41) is 5.61. The summed E-state index contributed by atoms with van der Waals surface area (Å²) in [6.07, 6.45) is 0.270. The molecular weight excluding hydrogens is 692 g/mol. The molecule has 2 aromatic carbocycles. The van der Waals surface area contributed by atoms with E-state index in [1.54, 1.807) is 44.9 Å². The maximum absolute atomic E-state index is 16.8. The molecule has 0 amide bonds. The van der Waals surface area contributed by atoms with Crippen LogP contribution < -0.4 is 4.90 Å². The summed E-state index contributed by atoms with van der Waals surface area (Å²) in [5.74, 6) is -2.39. The minimum Gasteiger partial charge on any atom is -0.461 e. The van der Waals surface area contributed by atoms with Crippen molar-refractivity contribution in [1.82, 2.24) is 24.7 Å². The van der Waals surface area contributed by atoms with E-state index in [1.165, 1.54) is 6.07 Å². The number of para-hydroxylation sites is 1. The largest absolute Gasteiger partial charge is 0.461 e. The molecule has 1 aliphatic heterocycles. The first-order valence-corrected chi connectivity index (χ1v) is 17.6. The van der Waals surface area contributed by atoms with E-state index in [0.717, 1.165) is 34.9 Å². The molecule has 1 aliphatic rings. The van der Waals surface area contributed by atoms with Gasteiger partial charge in [-0.1, -0.05) is 39.0 Å². The number of halogens is 4. The van der Waals surface area contributed by atoms with Gasteiger partial charge in [-0.2, -0.15) is 18.3 Å². The summed E-state index contributed by atoms with van der Waals surface area (Å²) in [7, 11) is 0. The van der Waals surface area contributed by atoms with Gasteiger partial charge < -0.3 is 19.4 Å². The molecule has 10 nitrogen and oxygen atoms in total. The van der Waals surface area contributed by atoms with Gasteiger partial charge in [0.1, 0.15) is 18.0 Å². The number of nitrogens with one attached hydrogen (secondary N) is 1. The maximum Gasteiger partial charge on any atom is 0.419 e. The fourth-order valence-corrected chi connectivity index (χ4v) is 6.71. The van der Waals surface area contributed by atoms with Crippen LogP contribution in [0.1, 0.15) is 81.5 Å². The van der Waals surface area contributed by atoms with E-state index in [4.69, 9.17) is 14.6 Å². The molecule has 53 heavy (non-hydrogen) atoms. The molecule has 0 spiro atoms. The van der Waals surface area contributed by atoms with Crippen molar-refractivity contribution in [2.75, 3.05) is 11.4 Å². The molecule has 0 saturated carbocycles. The van der Waals surface area contributed by atoms with Crippen LogP contribution in [0.3, 0.4) is 0 Å². The molecule has 0 bridgehead atoms. The number of carbonyl (C=O) groups is 2. The molecule has 1 atom stereocenters. The number of nitrogens with zero attached hydrogens (tertiary/aromatic N) is 5. The van der Waals surface area contributed by atoms with E-state index in [0.29, 0.717) is 53.5 Å². The second-order valence-electron chi connectivity index (χ2n) is 14.2. The van der Waals surface area contributed by atoms with Gasteiger partial charge in [0, 0.05) is 60.2 Å². The van der Waals surface area contributed by atoms with Gasteiger partial charge in [0.2, 0.25) is 5.95 Å². The molecule has 5 aromatic rings. The number of rotatable bonds is 10. The molecule has 280 valence electrons. The van der Waals surface area contributed by atoms with Crippen LogP contribution in [-0.4, -0.2) is 48.8 Å². The Hall–Kier alpha value is -5.27. The highest BCUT2D eigenvalue weighted by molar-refractivity contribution is 5.98. The summed E-state index contributed by atoms with van der Waals surface area (Å²) in [6.45, 7) is 11.2. The van der Waals surface area contributed by atoms with Crippen molar-refractivity contribution in [3.63, 3.8) is 0 Å². The molecule has 6 rings (SSSR count). The van der Waals surface area contributed by atoms with Gasteiger partial charge in [-0.15, -0.1) is 0 Å². The number of aryl methyl sites for hydroxylation is 2. The first-order valence-electron chi connectivity index (χ1n) is 17.6. The van der Waals surface area contributed by atoms with E-state index in [-0.39, 0.29) is 31.1 Å². The second-order valence-corrected chi connectivity index (χ2v) is 14.2. The first-order chi connectivity index (χ1) is 25.1. The van der Waals surface area contributed by atoms with Crippen molar-refractivity contribution in [1.29, 1.82) is 0 Å². The van der Waals surface area contributed by atoms with E-state index < -0.39 is 41.0 Å². The Balaban J connectivity index is 1.42. The van der Waals surface area contributed by atoms with Crippen molar-refractivity contribution in [3.05, 3.63) is 88.3 Å². The third-order valence-electron chi connectivity index (χ3n) is 9.24. The summed E-state index contributed by atoms with van der Waals surface area (Å²) < 4.78 is 69.4. The zero-order valence-corrected chi connectivity index (χ0v) is 30.5. The lowest BCUT2D eigenvalue weighted by atomic mass is 9.95. The highest BCUT2D eigenvalue weighted by Crippen LogP contribution is 2.41. The minimum atomic E-state index is -4.58. The van der Waals surface area contributed by atoms with Crippen LogP contribution in [0.15, 0.2) is 48.9 Å². The smallest absolute Gasteiger partial charge is 0.419 e. The Morgan fingerprint density at radius 2 is 1.70 bits per heavy atom. The summed E-state index contributed by atoms with van der Waals surface area (Å²) in [6, 6.07) is 9.11. The molecule has 14 heteroatoms. The number of aromatic nitrogens is 5. The monoisotopic (exact) mass is 734 g/mol. The van der Waals surface area contributed by atoms with Gasteiger partial charge >= 0.3 is 18.1 Å². The Morgan fingerprint density at radius 1 is 1.02 bits per heavy atom. The summed E-state index contributed by atoms with van der Waals surface area (Å²) >= 11 is 0. The number of ether oxygens (including phenoxy) is 2. The normalized spacial score (nSPS) is 14.0. The lowest BCUT2D eigenvalue weighted by Gasteiger charge is -2.27. The Labute approximate surface area is 304 Å². The zero-order valence-electron chi connectivity index (χ0n) is 30.5. The first kappa shape index (κ1) is 37.5. The average molecular weight is 735 g/mol. The highest BCUT2D eigenvalue weighted by Gasteiger charge is 2.34. The quantitative estimate of drug-likeness (QED) is 0.113. The van der Waals surface area contributed by atoms with Crippen molar-refractivity contribution >= 4 is 28.8 Å². The van der Waals surface area contributed by atoms with Gasteiger partial charge in [0.05, 0.1) is 40.5 Å². The van der Waals surface area contributed by atoms with E-state index in [1.807, 2.05) is 36.7 Å². The maximum atomic E-state index is 16.8. The van der Waals surface area contributed by atoms with E-state index >= 15 is 4.39 Å². The SMILES string of the molecule is CCc1cccc(CC)c1-n1nc2c(c1-c1c(F)cc(COC(=O)[C@@H](C)CC(=O)OC(C)(C)C)c3[nH]ccc13)CN(c1ncc(C(F)(F)F)cn1)CC2. The molecule has 0 unspecified atom stereocenters. The number of H-pyrrole nitrogens is 1. The van der Waals surface area contributed by atoms with Crippen molar-refractivity contribution in [3.8, 4) is 16.9 Å². The van der Waals surface area contributed by atoms with Gasteiger partial charge in [-0.25, -0.2) is 19.0 Å². The van der Waals surface area contributed by atoms with E-state index in [9.17, 15) is 22.8 Å². The van der Waals surface area contributed by atoms with Gasteiger partial charge in [0.15, 0.2) is 0 Å². The van der Waals surface area contributed by atoms with E-state index in [2.05, 4.69) is 15.0 Å².